The summed E-state index contributed by atoms with van der Waals surface area (Å²) >= 11 is 0. The first-order valence-electron chi connectivity index (χ1n) is 6.96. The standard InChI is InChI=1S/C13H22N2O4/c14-6-8-3-1-2-4-10(8)12(17)15-7-9(16)5-11(15)13(18)19/h8-11,16H,1-7,14H2,(H,18,19). The molecule has 108 valence electrons. The first kappa shape index (κ1) is 14.3. The number of β-amino-alcohol motifs (C(OH)–C–C–N with tert-alkyl or cyclic N) is 1. The SMILES string of the molecule is NCC1CCCCC1C(=O)N1CC(O)CC1C(=O)O. The van der Waals surface area contributed by atoms with Crippen LogP contribution in [0.2, 0.25) is 0 Å². The highest BCUT2D eigenvalue weighted by Gasteiger charge is 2.43. The molecular weight excluding hydrogens is 248 g/mol. The summed E-state index contributed by atoms with van der Waals surface area (Å²) in [6.45, 7) is 0.591. The van der Waals surface area contributed by atoms with Crippen molar-refractivity contribution in [2.24, 2.45) is 17.6 Å². The molecule has 19 heavy (non-hydrogen) atoms. The Morgan fingerprint density at radius 3 is 2.58 bits per heavy atom. The van der Waals surface area contributed by atoms with Crippen molar-refractivity contribution in [3.05, 3.63) is 0 Å². The second kappa shape index (κ2) is 5.88. The van der Waals surface area contributed by atoms with Crippen LogP contribution < -0.4 is 5.73 Å². The monoisotopic (exact) mass is 270 g/mol. The van der Waals surface area contributed by atoms with Gasteiger partial charge in [-0.2, -0.15) is 0 Å². The third-order valence-electron chi connectivity index (χ3n) is 4.38. The van der Waals surface area contributed by atoms with Crippen molar-refractivity contribution >= 4 is 11.9 Å². The predicted molar refractivity (Wildman–Crippen MR) is 68.3 cm³/mol. The molecule has 1 amide bonds. The summed E-state index contributed by atoms with van der Waals surface area (Å²) in [7, 11) is 0. The van der Waals surface area contributed by atoms with Gasteiger partial charge in [-0.25, -0.2) is 4.79 Å². The smallest absolute Gasteiger partial charge is 0.326 e. The van der Waals surface area contributed by atoms with Crippen molar-refractivity contribution in [2.75, 3.05) is 13.1 Å². The van der Waals surface area contributed by atoms with Crippen LogP contribution in [0.4, 0.5) is 0 Å². The summed E-state index contributed by atoms with van der Waals surface area (Å²) < 4.78 is 0. The van der Waals surface area contributed by atoms with Gasteiger partial charge in [-0.05, 0) is 25.3 Å². The lowest BCUT2D eigenvalue weighted by atomic mass is 9.78. The van der Waals surface area contributed by atoms with Crippen LogP contribution in [0.1, 0.15) is 32.1 Å². The van der Waals surface area contributed by atoms with Crippen LogP contribution in [0, 0.1) is 11.8 Å². The molecule has 2 aliphatic rings. The number of rotatable bonds is 3. The molecule has 0 aromatic carbocycles. The highest BCUT2D eigenvalue weighted by atomic mass is 16.4. The van der Waals surface area contributed by atoms with E-state index in [2.05, 4.69) is 0 Å². The molecular formula is C13H22N2O4. The van der Waals surface area contributed by atoms with E-state index >= 15 is 0 Å². The number of amides is 1. The van der Waals surface area contributed by atoms with Gasteiger partial charge in [0.15, 0.2) is 0 Å². The topological polar surface area (TPSA) is 104 Å². The Bertz CT molecular complexity index is 361. The zero-order valence-corrected chi connectivity index (χ0v) is 11.0. The molecule has 1 aliphatic heterocycles. The maximum absolute atomic E-state index is 12.5. The van der Waals surface area contributed by atoms with Crippen LogP contribution in [0.3, 0.4) is 0 Å². The van der Waals surface area contributed by atoms with Crippen molar-refractivity contribution in [1.29, 1.82) is 0 Å². The largest absolute Gasteiger partial charge is 0.480 e. The van der Waals surface area contributed by atoms with Gasteiger partial charge < -0.3 is 20.8 Å². The lowest BCUT2D eigenvalue weighted by molar-refractivity contribution is -0.151. The number of aliphatic hydroxyl groups excluding tert-OH is 1. The van der Waals surface area contributed by atoms with Crippen LogP contribution in [-0.2, 0) is 9.59 Å². The van der Waals surface area contributed by atoms with Crippen molar-refractivity contribution in [1.82, 2.24) is 4.90 Å². The molecule has 6 heteroatoms. The number of hydrogen-bond acceptors (Lipinski definition) is 4. The third kappa shape index (κ3) is 2.90. The van der Waals surface area contributed by atoms with Crippen molar-refractivity contribution in [2.45, 2.75) is 44.2 Å². The number of carbonyl (C=O) groups is 2. The van der Waals surface area contributed by atoms with E-state index < -0.39 is 18.1 Å². The number of carboxylic acids is 1. The maximum Gasteiger partial charge on any atom is 0.326 e. The number of likely N-dealkylation sites (tertiary alicyclic amines) is 1. The van der Waals surface area contributed by atoms with E-state index in [9.17, 15) is 14.7 Å². The minimum Gasteiger partial charge on any atom is -0.480 e. The van der Waals surface area contributed by atoms with Crippen molar-refractivity contribution in [3.63, 3.8) is 0 Å². The maximum atomic E-state index is 12.5. The Morgan fingerprint density at radius 2 is 1.95 bits per heavy atom. The fraction of sp³-hybridized carbons (Fsp3) is 0.846. The highest BCUT2D eigenvalue weighted by molar-refractivity contribution is 5.86. The molecule has 0 radical (unpaired) electrons. The number of nitrogens with two attached hydrogens (primary N) is 1. The van der Waals surface area contributed by atoms with Gasteiger partial charge >= 0.3 is 5.97 Å². The molecule has 1 saturated carbocycles. The number of hydrogen-bond donors (Lipinski definition) is 3. The number of nitrogens with zero attached hydrogens (tertiary/aromatic N) is 1. The van der Waals surface area contributed by atoms with Gasteiger partial charge in [0.1, 0.15) is 6.04 Å². The molecule has 4 atom stereocenters. The molecule has 6 nitrogen and oxygen atoms in total. The van der Waals surface area contributed by atoms with Crippen LogP contribution >= 0.6 is 0 Å². The lowest BCUT2D eigenvalue weighted by Crippen LogP contribution is -2.47. The molecule has 0 aromatic heterocycles. The van der Waals surface area contributed by atoms with Crippen LogP contribution in [-0.4, -0.2) is 52.2 Å². The molecule has 2 rings (SSSR count). The molecule has 0 aromatic rings. The Morgan fingerprint density at radius 1 is 1.26 bits per heavy atom. The van der Waals surface area contributed by atoms with E-state index in [-0.39, 0.29) is 30.7 Å². The molecule has 2 fully saturated rings. The molecule has 4 unspecified atom stereocenters. The molecule has 0 bridgehead atoms. The van der Waals surface area contributed by atoms with E-state index in [1.54, 1.807) is 0 Å². The van der Waals surface area contributed by atoms with E-state index in [1.165, 1.54) is 4.90 Å². The zero-order valence-electron chi connectivity index (χ0n) is 11.0. The van der Waals surface area contributed by atoms with Gasteiger partial charge in [0.25, 0.3) is 0 Å². The summed E-state index contributed by atoms with van der Waals surface area (Å²) in [6.07, 6.45) is 3.17. The molecule has 4 N–H and O–H groups in total. The fourth-order valence-electron chi connectivity index (χ4n) is 3.32. The summed E-state index contributed by atoms with van der Waals surface area (Å²) in [5.41, 5.74) is 5.72. The third-order valence-corrected chi connectivity index (χ3v) is 4.38. The predicted octanol–water partition coefficient (Wildman–Crippen LogP) is -0.202. The van der Waals surface area contributed by atoms with Crippen molar-refractivity contribution < 1.29 is 19.8 Å². The molecule has 1 saturated heterocycles. The molecule has 0 spiro atoms. The van der Waals surface area contributed by atoms with E-state index in [4.69, 9.17) is 10.8 Å². The van der Waals surface area contributed by atoms with E-state index in [0.29, 0.717) is 6.54 Å². The molecule has 1 heterocycles. The summed E-state index contributed by atoms with van der Waals surface area (Å²) in [6, 6.07) is -0.886. The normalized spacial score (nSPS) is 35.4. The number of carbonyl (C=O) groups excluding carboxylic acids is 1. The van der Waals surface area contributed by atoms with E-state index in [0.717, 1.165) is 25.7 Å². The second-order valence-corrected chi connectivity index (χ2v) is 5.62. The van der Waals surface area contributed by atoms with Gasteiger partial charge in [0.05, 0.1) is 6.10 Å². The Balaban J connectivity index is 2.11. The second-order valence-electron chi connectivity index (χ2n) is 5.62. The summed E-state index contributed by atoms with van der Waals surface area (Å²) in [5.74, 6) is -1.21. The average Bonchev–Trinajstić information content (AvgIpc) is 2.80. The average molecular weight is 270 g/mol. The van der Waals surface area contributed by atoms with Crippen LogP contribution in [0.5, 0.6) is 0 Å². The first-order chi connectivity index (χ1) is 9.04. The number of aliphatic hydroxyl groups is 1. The summed E-state index contributed by atoms with van der Waals surface area (Å²) in [4.78, 5) is 25.0. The number of carboxylic acid groups (broad SMARTS) is 1. The Hall–Kier alpha value is -1.14. The minimum atomic E-state index is -1.04. The summed E-state index contributed by atoms with van der Waals surface area (Å²) in [5, 5.41) is 18.7. The Kier molecular flexibility index (Phi) is 4.42. The van der Waals surface area contributed by atoms with Gasteiger partial charge in [0.2, 0.25) is 5.91 Å². The number of aliphatic carboxylic acids is 1. The zero-order chi connectivity index (χ0) is 14.0. The van der Waals surface area contributed by atoms with Gasteiger partial charge in [0, 0.05) is 18.9 Å². The van der Waals surface area contributed by atoms with E-state index in [1.807, 2.05) is 0 Å². The first-order valence-corrected chi connectivity index (χ1v) is 6.96. The highest BCUT2D eigenvalue weighted by Crippen LogP contribution is 2.33. The van der Waals surface area contributed by atoms with Crippen LogP contribution in [0.15, 0.2) is 0 Å². The minimum absolute atomic E-state index is 0.126. The quantitative estimate of drug-likeness (QED) is 0.658. The van der Waals surface area contributed by atoms with Gasteiger partial charge in [-0.1, -0.05) is 12.8 Å². The van der Waals surface area contributed by atoms with Crippen LogP contribution in [0.25, 0.3) is 0 Å². The van der Waals surface area contributed by atoms with Crippen molar-refractivity contribution in [3.8, 4) is 0 Å². The van der Waals surface area contributed by atoms with Gasteiger partial charge in [-0.15, -0.1) is 0 Å². The van der Waals surface area contributed by atoms with Gasteiger partial charge in [-0.3, -0.25) is 4.79 Å². The lowest BCUT2D eigenvalue weighted by Gasteiger charge is -2.34. The molecule has 1 aliphatic carbocycles. The Labute approximate surface area is 112 Å². The fourth-order valence-corrected chi connectivity index (χ4v) is 3.32.